The molecule has 0 saturated carbocycles. The number of likely N-dealkylation sites (tertiary alicyclic amines) is 1. The van der Waals surface area contributed by atoms with E-state index < -0.39 is 0 Å². The number of benzene rings is 2. The number of amides is 1. The Kier molecular flexibility index (Phi) is 7.79. The summed E-state index contributed by atoms with van der Waals surface area (Å²) in [6.45, 7) is 6.38. The summed E-state index contributed by atoms with van der Waals surface area (Å²) < 4.78 is 0. The summed E-state index contributed by atoms with van der Waals surface area (Å²) in [7, 11) is 0. The van der Waals surface area contributed by atoms with E-state index in [9.17, 15) is 4.79 Å². The molecule has 1 aliphatic heterocycles. The summed E-state index contributed by atoms with van der Waals surface area (Å²) in [5, 5.41) is 3.05. The van der Waals surface area contributed by atoms with Gasteiger partial charge in [0, 0.05) is 22.8 Å². The molecule has 144 valence electrons. The van der Waals surface area contributed by atoms with E-state index in [-0.39, 0.29) is 5.91 Å². The van der Waals surface area contributed by atoms with Gasteiger partial charge >= 0.3 is 0 Å². The minimum atomic E-state index is 0.0337. The standard InChI is InChI=1S/C23H30N2OS/c1-19-6-12-22(13-7-19)27-18-20-8-10-21(11-9-20)23(26)24-14-5-17-25-15-3-2-4-16-25/h6-13H,2-5,14-18H2,1H3,(H,24,26). The first-order valence-electron chi connectivity index (χ1n) is 10.00. The largest absolute Gasteiger partial charge is 0.352 e. The predicted molar refractivity (Wildman–Crippen MR) is 114 cm³/mol. The van der Waals surface area contributed by atoms with Crippen molar-refractivity contribution in [3.8, 4) is 0 Å². The lowest BCUT2D eigenvalue weighted by molar-refractivity contribution is 0.0951. The van der Waals surface area contributed by atoms with Crippen molar-refractivity contribution in [3.05, 3.63) is 65.2 Å². The smallest absolute Gasteiger partial charge is 0.251 e. The van der Waals surface area contributed by atoms with Gasteiger partial charge < -0.3 is 10.2 Å². The summed E-state index contributed by atoms with van der Waals surface area (Å²) in [5.41, 5.74) is 3.27. The van der Waals surface area contributed by atoms with E-state index in [4.69, 9.17) is 0 Å². The highest BCUT2D eigenvalue weighted by molar-refractivity contribution is 7.98. The molecule has 1 aliphatic rings. The monoisotopic (exact) mass is 382 g/mol. The van der Waals surface area contributed by atoms with Crippen molar-refractivity contribution < 1.29 is 4.79 Å². The molecule has 1 heterocycles. The lowest BCUT2D eigenvalue weighted by Gasteiger charge is -2.26. The van der Waals surface area contributed by atoms with Gasteiger partial charge in [0.1, 0.15) is 0 Å². The predicted octanol–water partition coefficient (Wildman–Crippen LogP) is 4.89. The van der Waals surface area contributed by atoms with Gasteiger partial charge in [-0.05, 0) is 75.6 Å². The van der Waals surface area contributed by atoms with Crippen LogP contribution in [-0.2, 0) is 5.75 Å². The van der Waals surface area contributed by atoms with Gasteiger partial charge in [-0.3, -0.25) is 4.79 Å². The van der Waals surface area contributed by atoms with Gasteiger partial charge in [0.25, 0.3) is 5.91 Å². The Bertz CT molecular complexity index is 706. The third-order valence-electron chi connectivity index (χ3n) is 5.03. The Labute approximate surface area is 167 Å². The molecule has 0 spiro atoms. The third-order valence-corrected chi connectivity index (χ3v) is 6.11. The van der Waals surface area contributed by atoms with Crippen LogP contribution in [0.4, 0.5) is 0 Å². The van der Waals surface area contributed by atoms with Crippen LogP contribution in [0.25, 0.3) is 0 Å². The molecule has 3 rings (SSSR count). The number of piperidine rings is 1. The molecule has 1 amide bonds. The number of aryl methyl sites for hydroxylation is 1. The third kappa shape index (κ3) is 6.71. The zero-order valence-electron chi connectivity index (χ0n) is 16.2. The summed E-state index contributed by atoms with van der Waals surface area (Å²) >= 11 is 1.82. The van der Waals surface area contributed by atoms with E-state index in [0.29, 0.717) is 0 Å². The number of nitrogens with one attached hydrogen (secondary N) is 1. The average molecular weight is 383 g/mol. The molecule has 0 atom stereocenters. The van der Waals surface area contributed by atoms with Crippen molar-refractivity contribution in [1.82, 2.24) is 10.2 Å². The van der Waals surface area contributed by atoms with Crippen LogP contribution in [0.1, 0.15) is 47.2 Å². The molecular formula is C23H30N2OS. The van der Waals surface area contributed by atoms with Crippen molar-refractivity contribution in [2.45, 2.75) is 43.3 Å². The molecule has 27 heavy (non-hydrogen) atoms. The Morgan fingerprint density at radius 1 is 1.00 bits per heavy atom. The normalized spacial score (nSPS) is 14.9. The van der Waals surface area contributed by atoms with Crippen molar-refractivity contribution in [1.29, 1.82) is 0 Å². The molecule has 3 nitrogen and oxygen atoms in total. The van der Waals surface area contributed by atoms with Gasteiger partial charge in [-0.1, -0.05) is 36.2 Å². The second-order valence-corrected chi connectivity index (χ2v) is 8.36. The lowest BCUT2D eigenvalue weighted by Crippen LogP contribution is -2.33. The van der Waals surface area contributed by atoms with Crippen molar-refractivity contribution in [2.75, 3.05) is 26.2 Å². The van der Waals surface area contributed by atoms with Gasteiger partial charge in [-0.2, -0.15) is 0 Å². The number of carbonyl (C=O) groups excluding carboxylic acids is 1. The van der Waals surface area contributed by atoms with Crippen LogP contribution >= 0.6 is 11.8 Å². The molecule has 0 unspecified atom stereocenters. The fourth-order valence-corrected chi connectivity index (χ4v) is 4.20. The molecule has 0 radical (unpaired) electrons. The fraction of sp³-hybridized carbons (Fsp3) is 0.435. The summed E-state index contributed by atoms with van der Waals surface area (Å²) in [4.78, 5) is 16.1. The average Bonchev–Trinajstić information content (AvgIpc) is 2.72. The molecule has 1 saturated heterocycles. The topological polar surface area (TPSA) is 32.3 Å². The number of hydrogen-bond donors (Lipinski definition) is 1. The molecule has 2 aromatic rings. The fourth-order valence-electron chi connectivity index (χ4n) is 3.34. The molecule has 1 N–H and O–H groups in total. The zero-order valence-corrected chi connectivity index (χ0v) is 17.1. The van der Waals surface area contributed by atoms with Crippen LogP contribution in [0.5, 0.6) is 0 Å². The number of carbonyl (C=O) groups is 1. The van der Waals surface area contributed by atoms with Crippen molar-refractivity contribution in [3.63, 3.8) is 0 Å². The maximum Gasteiger partial charge on any atom is 0.251 e. The summed E-state index contributed by atoms with van der Waals surface area (Å²) in [6.07, 6.45) is 5.03. The minimum absolute atomic E-state index is 0.0337. The first kappa shape index (κ1) is 20.0. The van der Waals surface area contributed by atoms with Gasteiger partial charge in [-0.25, -0.2) is 0 Å². The maximum atomic E-state index is 12.3. The summed E-state index contributed by atoms with van der Waals surface area (Å²) in [6, 6.07) is 16.6. The van der Waals surface area contributed by atoms with E-state index in [1.54, 1.807) is 0 Å². The van der Waals surface area contributed by atoms with Crippen LogP contribution in [0, 0.1) is 6.92 Å². The van der Waals surface area contributed by atoms with Crippen LogP contribution in [0.3, 0.4) is 0 Å². The highest BCUT2D eigenvalue weighted by Gasteiger charge is 2.10. The number of nitrogens with zero attached hydrogens (tertiary/aromatic N) is 1. The van der Waals surface area contributed by atoms with Gasteiger partial charge in [0.05, 0.1) is 0 Å². The minimum Gasteiger partial charge on any atom is -0.352 e. The maximum absolute atomic E-state index is 12.3. The second kappa shape index (κ2) is 10.5. The molecule has 0 bridgehead atoms. The molecule has 0 aromatic heterocycles. The van der Waals surface area contributed by atoms with E-state index >= 15 is 0 Å². The molecule has 1 fully saturated rings. The van der Waals surface area contributed by atoms with E-state index in [1.807, 2.05) is 23.9 Å². The van der Waals surface area contributed by atoms with Crippen molar-refractivity contribution >= 4 is 17.7 Å². The Balaban J connectivity index is 1.38. The quantitative estimate of drug-likeness (QED) is 0.521. The number of thioether (sulfide) groups is 1. The molecule has 0 aliphatic carbocycles. The second-order valence-electron chi connectivity index (χ2n) is 7.31. The summed E-state index contributed by atoms with van der Waals surface area (Å²) in [5.74, 6) is 0.951. The zero-order chi connectivity index (χ0) is 18.9. The SMILES string of the molecule is Cc1ccc(SCc2ccc(C(=O)NCCCN3CCCCC3)cc2)cc1. The number of rotatable bonds is 8. The van der Waals surface area contributed by atoms with E-state index in [2.05, 4.69) is 53.5 Å². The van der Waals surface area contributed by atoms with Crippen molar-refractivity contribution in [2.24, 2.45) is 0 Å². The Hall–Kier alpha value is -1.78. The number of hydrogen-bond acceptors (Lipinski definition) is 3. The molecule has 2 aromatic carbocycles. The van der Waals surface area contributed by atoms with Crippen LogP contribution in [-0.4, -0.2) is 37.0 Å². The van der Waals surface area contributed by atoms with Crippen LogP contribution < -0.4 is 5.32 Å². The first-order chi connectivity index (χ1) is 13.2. The first-order valence-corrected chi connectivity index (χ1v) is 11.0. The Morgan fingerprint density at radius 3 is 2.41 bits per heavy atom. The van der Waals surface area contributed by atoms with Gasteiger partial charge in [-0.15, -0.1) is 11.8 Å². The van der Waals surface area contributed by atoms with Gasteiger partial charge in [0.15, 0.2) is 0 Å². The van der Waals surface area contributed by atoms with Gasteiger partial charge in [0.2, 0.25) is 0 Å². The highest BCUT2D eigenvalue weighted by atomic mass is 32.2. The van der Waals surface area contributed by atoms with E-state index in [1.165, 1.54) is 48.4 Å². The lowest BCUT2D eigenvalue weighted by atomic mass is 10.1. The molecule has 4 heteroatoms. The van der Waals surface area contributed by atoms with Crippen LogP contribution in [0.2, 0.25) is 0 Å². The molecular weight excluding hydrogens is 352 g/mol. The Morgan fingerprint density at radius 2 is 1.70 bits per heavy atom. The van der Waals surface area contributed by atoms with Crippen LogP contribution in [0.15, 0.2) is 53.4 Å². The van der Waals surface area contributed by atoms with E-state index in [0.717, 1.165) is 30.8 Å². The highest BCUT2D eigenvalue weighted by Crippen LogP contribution is 2.23.